The van der Waals surface area contributed by atoms with Gasteiger partial charge in [-0.05, 0) is 124 Å². The van der Waals surface area contributed by atoms with E-state index in [9.17, 15) is 0 Å². The van der Waals surface area contributed by atoms with Gasteiger partial charge in [0.1, 0.15) is 0 Å². The van der Waals surface area contributed by atoms with Gasteiger partial charge in [-0.2, -0.15) is 0 Å². The molecule has 0 nitrogen and oxygen atoms in total. The largest absolute Gasteiger partial charge is 0.0811 e. The number of hydrogen-bond donors (Lipinski definition) is 0. The highest BCUT2D eigenvalue weighted by atomic mass is 14.5. The molecule has 1 unspecified atom stereocenters. The highest BCUT2D eigenvalue weighted by molar-refractivity contribution is 5.86. The van der Waals surface area contributed by atoms with E-state index < -0.39 is 0 Å². The predicted octanol–water partition coefficient (Wildman–Crippen LogP) is 17.0. The lowest BCUT2D eigenvalue weighted by atomic mass is 9.67. The molecule has 8 aromatic carbocycles. The summed E-state index contributed by atoms with van der Waals surface area (Å²) in [6, 6.07) is 74.9. The van der Waals surface area contributed by atoms with E-state index in [0.29, 0.717) is 5.92 Å². The summed E-state index contributed by atoms with van der Waals surface area (Å²) >= 11 is 0. The Morgan fingerprint density at radius 1 is 0.444 bits per heavy atom. The van der Waals surface area contributed by atoms with Crippen molar-refractivity contribution in [2.75, 3.05) is 0 Å². The lowest BCUT2D eigenvalue weighted by molar-refractivity contribution is 0.743. The first-order valence-corrected chi connectivity index (χ1v) is 22.8. The van der Waals surface area contributed by atoms with Gasteiger partial charge in [0.15, 0.2) is 0 Å². The standard InChI is InChI=1S/C39H30.C15H18.C7H8.C2H6/c1-28-16-21-31(22-17-28)32-23-18-29(19-24-32)26-30-20-25-36-35-14-8-9-15-37(35)39(38(36)27-30,33-10-4-2-5-11-33)34-12-6-3-7-13-34;1-11-8-9-13(3)15(10-11)14-7-5-4-6-12(14)2;1-7-5-3-2-4-6-7;1-2/h2-25,27H,26H2,1H3;4-9,11H,10H2,1-3H3;2-6H,1H3;1-2H3. The van der Waals surface area contributed by atoms with Crippen molar-refractivity contribution in [3.8, 4) is 22.3 Å². The average Bonchev–Trinajstić information content (AvgIpc) is 3.63. The average molecular weight is 819 g/mol. The molecule has 10 rings (SSSR count). The molecular formula is C63H62. The van der Waals surface area contributed by atoms with E-state index in [1.165, 1.54) is 95.5 Å². The first-order chi connectivity index (χ1) is 30.8. The van der Waals surface area contributed by atoms with E-state index in [-0.39, 0.29) is 5.41 Å². The molecule has 2 aliphatic carbocycles. The molecule has 63 heavy (non-hydrogen) atoms. The molecule has 0 saturated carbocycles. The van der Waals surface area contributed by atoms with Crippen molar-refractivity contribution in [2.24, 2.45) is 5.92 Å². The van der Waals surface area contributed by atoms with Crippen LogP contribution in [0.4, 0.5) is 0 Å². The van der Waals surface area contributed by atoms with Gasteiger partial charge in [0, 0.05) is 0 Å². The zero-order chi connectivity index (χ0) is 44.2. The van der Waals surface area contributed by atoms with Crippen molar-refractivity contribution in [3.05, 3.63) is 280 Å². The fraction of sp³-hybridized carbons (Fsp3) is 0.175. The van der Waals surface area contributed by atoms with Crippen LogP contribution >= 0.6 is 0 Å². The third-order valence-electron chi connectivity index (χ3n) is 12.4. The third kappa shape index (κ3) is 9.98. The minimum Gasteiger partial charge on any atom is -0.0811 e. The van der Waals surface area contributed by atoms with Gasteiger partial charge < -0.3 is 0 Å². The molecule has 1 atom stereocenters. The van der Waals surface area contributed by atoms with E-state index in [2.05, 4.69) is 235 Å². The van der Waals surface area contributed by atoms with Crippen molar-refractivity contribution in [3.63, 3.8) is 0 Å². The Hall–Kier alpha value is -6.76. The summed E-state index contributed by atoms with van der Waals surface area (Å²) in [4.78, 5) is 0. The maximum Gasteiger partial charge on any atom is 0.0713 e. The molecule has 0 fully saturated rings. The maximum absolute atomic E-state index is 2.46. The van der Waals surface area contributed by atoms with Crippen LogP contribution in [0.3, 0.4) is 0 Å². The van der Waals surface area contributed by atoms with Gasteiger partial charge in [0.05, 0.1) is 5.41 Å². The molecule has 0 spiro atoms. The van der Waals surface area contributed by atoms with Crippen LogP contribution in [0.2, 0.25) is 0 Å². The van der Waals surface area contributed by atoms with E-state index in [1.807, 2.05) is 32.0 Å². The zero-order valence-corrected chi connectivity index (χ0v) is 38.3. The van der Waals surface area contributed by atoms with Crippen LogP contribution < -0.4 is 0 Å². The van der Waals surface area contributed by atoms with Crippen LogP contribution in [-0.2, 0) is 11.8 Å². The topological polar surface area (TPSA) is 0 Å². The van der Waals surface area contributed by atoms with Gasteiger partial charge in [-0.25, -0.2) is 0 Å². The summed E-state index contributed by atoms with van der Waals surface area (Å²) in [5.74, 6) is 0.670. The Balaban J connectivity index is 0.000000203. The third-order valence-corrected chi connectivity index (χ3v) is 12.4. The Labute approximate surface area is 378 Å². The number of aryl methyl sites for hydroxylation is 3. The van der Waals surface area contributed by atoms with Crippen molar-refractivity contribution in [2.45, 2.75) is 66.7 Å². The number of rotatable bonds is 6. The fourth-order valence-electron chi connectivity index (χ4n) is 9.13. The molecule has 0 N–H and O–H groups in total. The highest BCUT2D eigenvalue weighted by Gasteiger charge is 2.45. The molecule has 0 heteroatoms. The summed E-state index contributed by atoms with van der Waals surface area (Å²) < 4.78 is 0. The minimum atomic E-state index is -0.347. The van der Waals surface area contributed by atoms with Crippen LogP contribution in [-0.4, -0.2) is 0 Å². The molecule has 0 amide bonds. The van der Waals surface area contributed by atoms with Crippen molar-refractivity contribution >= 4 is 5.57 Å². The van der Waals surface area contributed by atoms with Crippen molar-refractivity contribution in [1.82, 2.24) is 0 Å². The van der Waals surface area contributed by atoms with E-state index in [1.54, 1.807) is 0 Å². The summed E-state index contributed by atoms with van der Waals surface area (Å²) in [6.45, 7) is 14.9. The summed E-state index contributed by atoms with van der Waals surface area (Å²) in [6.07, 6.45) is 6.64. The van der Waals surface area contributed by atoms with Crippen LogP contribution in [0.1, 0.15) is 89.8 Å². The smallest absolute Gasteiger partial charge is 0.0713 e. The first kappa shape index (κ1) is 44.3. The molecular weight excluding hydrogens is 757 g/mol. The molecule has 8 aromatic rings. The Morgan fingerprint density at radius 3 is 1.49 bits per heavy atom. The van der Waals surface area contributed by atoms with Crippen LogP contribution in [0.25, 0.3) is 27.8 Å². The second-order valence-electron chi connectivity index (χ2n) is 16.8. The number of allylic oxidation sites excluding steroid dienone is 4. The van der Waals surface area contributed by atoms with Crippen molar-refractivity contribution in [1.29, 1.82) is 0 Å². The molecule has 0 saturated heterocycles. The maximum atomic E-state index is 2.46. The summed E-state index contributed by atoms with van der Waals surface area (Å²) in [5.41, 5.74) is 21.2. The molecule has 0 bridgehead atoms. The minimum absolute atomic E-state index is 0.347. The van der Waals surface area contributed by atoms with Crippen LogP contribution in [0.5, 0.6) is 0 Å². The lowest BCUT2D eigenvalue weighted by Gasteiger charge is -2.34. The summed E-state index contributed by atoms with van der Waals surface area (Å²) in [5, 5.41) is 0. The highest BCUT2D eigenvalue weighted by Crippen LogP contribution is 2.56. The Kier molecular flexibility index (Phi) is 14.7. The van der Waals surface area contributed by atoms with E-state index >= 15 is 0 Å². The SMILES string of the molecule is CC.CC1=C(c2ccccc2C)CC(C)C=C1.Cc1ccc(-c2ccc(Cc3ccc4c(c3)C(c3ccccc3)(c3ccccc3)c3ccccc3-4)cc2)cc1.Cc1ccccc1. The van der Waals surface area contributed by atoms with Crippen molar-refractivity contribution < 1.29 is 0 Å². The van der Waals surface area contributed by atoms with Gasteiger partial charge in [-0.15, -0.1) is 0 Å². The number of fused-ring (bicyclic) bond motifs is 3. The van der Waals surface area contributed by atoms with Gasteiger partial charge >= 0.3 is 0 Å². The van der Waals surface area contributed by atoms with Crippen LogP contribution in [0.15, 0.2) is 224 Å². The normalized spacial score (nSPS) is 14.1. The van der Waals surface area contributed by atoms with E-state index in [4.69, 9.17) is 0 Å². The summed E-state index contributed by atoms with van der Waals surface area (Å²) in [7, 11) is 0. The predicted molar refractivity (Wildman–Crippen MR) is 272 cm³/mol. The van der Waals surface area contributed by atoms with E-state index in [0.717, 1.165) is 6.42 Å². The molecule has 314 valence electrons. The first-order valence-electron chi connectivity index (χ1n) is 22.8. The van der Waals surface area contributed by atoms with Gasteiger partial charge in [-0.3, -0.25) is 0 Å². The Morgan fingerprint density at radius 2 is 0.921 bits per heavy atom. The van der Waals surface area contributed by atoms with Gasteiger partial charge in [0.2, 0.25) is 0 Å². The molecule has 0 heterocycles. The quantitative estimate of drug-likeness (QED) is 0.157. The molecule has 0 aromatic heterocycles. The van der Waals surface area contributed by atoms with Crippen LogP contribution in [0, 0.1) is 26.7 Å². The molecule has 0 radical (unpaired) electrons. The molecule has 2 aliphatic rings. The zero-order valence-electron chi connectivity index (χ0n) is 38.3. The lowest BCUT2D eigenvalue weighted by Crippen LogP contribution is -2.28. The fourth-order valence-corrected chi connectivity index (χ4v) is 9.13. The monoisotopic (exact) mass is 818 g/mol. The van der Waals surface area contributed by atoms with Gasteiger partial charge in [-0.1, -0.05) is 250 Å². The molecule has 0 aliphatic heterocycles. The number of hydrogen-bond acceptors (Lipinski definition) is 0. The number of benzene rings is 8. The van der Waals surface area contributed by atoms with Gasteiger partial charge in [0.25, 0.3) is 0 Å². The second kappa shape index (κ2) is 20.9. The second-order valence-corrected chi connectivity index (χ2v) is 16.8. The Bertz CT molecular complexity index is 2710.